The van der Waals surface area contributed by atoms with Crippen LogP contribution in [0.15, 0.2) is 48.5 Å². The zero-order valence-electron chi connectivity index (χ0n) is 22.5. The van der Waals surface area contributed by atoms with Gasteiger partial charge in [-0.15, -0.1) is 0 Å². The summed E-state index contributed by atoms with van der Waals surface area (Å²) in [4.78, 5) is 9.67. The molecule has 1 heterocycles. The normalized spacial score (nSPS) is 20.7. The number of nitriles is 1. The highest BCUT2D eigenvalue weighted by molar-refractivity contribution is 6.30. The van der Waals surface area contributed by atoms with E-state index in [1.165, 1.54) is 0 Å². The monoisotopic (exact) mass is 549 g/mol. The molecule has 3 atom stereocenters. The Morgan fingerprint density at radius 1 is 1.14 bits per heavy atom. The SMILES string of the molecule is CC.CC(C)(C)CC1NCC(c2cccc(Cl)c2)[C@@]1(C#N)c1ccc(Cl)cc1.O=CNCC(CO)CO. The Kier molecular flexibility index (Phi) is 14.2. The average molecular weight is 551 g/mol. The van der Waals surface area contributed by atoms with Gasteiger partial charge in [0, 0.05) is 54.2 Å². The summed E-state index contributed by atoms with van der Waals surface area (Å²) in [6, 6.07) is 18.4. The third-order valence-corrected chi connectivity index (χ3v) is 6.74. The second-order valence-electron chi connectivity index (χ2n) is 10.1. The number of benzene rings is 2. The molecule has 0 bridgehead atoms. The summed E-state index contributed by atoms with van der Waals surface area (Å²) in [6.07, 6.45) is 1.44. The first kappa shape index (κ1) is 32.9. The van der Waals surface area contributed by atoms with Gasteiger partial charge in [-0.1, -0.05) is 82.1 Å². The van der Waals surface area contributed by atoms with E-state index < -0.39 is 5.41 Å². The van der Waals surface area contributed by atoms with E-state index in [0.29, 0.717) is 23.0 Å². The third-order valence-electron chi connectivity index (χ3n) is 6.25. The molecule has 37 heavy (non-hydrogen) atoms. The predicted octanol–water partition coefficient (Wildman–Crippen LogP) is 5.31. The van der Waals surface area contributed by atoms with Crippen molar-refractivity contribution in [2.24, 2.45) is 11.3 Å². The van der Waals surface area contributed by atoms with Crippen LogP contribution in [0.25, 0.3) is 0 Å². The van der Waals surface area contributed by atoms with Crippen LogP contribution in [0.5, 0.6) is 0 Å². The lowest BCUT2D eigenvalue weighted by molar-refractivity contribution is -0.109. The molecule has 1 fully saturated rings. The molecule has 0 aliphatic carbocycles. The standard InChI is InChI=1S/C22H24Cl2N2.C5H11NO3.C2H6/c1-21(2,3)12-20-22(14-25,16-7-9-17(23)10-8-16)19(13-26-20)15-5-4-6-18(24)11-15;7-2-5(3-8)1-6-4-9;1-2/h4-11,19-20,26H,12-13H2,1-3H3;4-5,7-8H,1-3H2,(H,6,9);1-2H3/t19?,20?,22-;;/m1../s1. The van der Waals surface area contributed by atoms with Gasteiger partial charge in [0.1, 0.15) is 5.41 Å². The maximum atomic E-state index is 10.5. The van der Waals surface area contributed by atoms with E-state index >= 15 is 0 Å². The third kappa shape index (κ3) is 9.28. The quantitative estimate of drug-likeness (QED) is 0.334. The van der Waals surface area contributed by atoms with Crippen LogP contribution in [-0.4, -0.2) is 49.0 Å². The van der Waals surface area contributed by atoms with Gasteiger partial charge in [-0.3, -0.25) is 4.79 Å². The minimum absolute atomic E-state index is 0.0275. The van der Waals surface area contributed by atoms with Crippen LogP contribution in [0.4, 0.5) is 0 Å². The van der Waals surface area contributed by atoms with Gasteiger partial charge in [-0.05, 0) is 47.2 Å². The van der Waals surface area contributed by atoms with Crippen molar-refractivity contribution >= 4 is 29.6 Å². The van der Waals surface area contributed by atoms with Gasteiger partial charge in [-0.25, -0.2) is 0 Å². The van der Waals surface area contributed by atoms with Crippen molar-refractivity contribution < 1.29 is 15.0 Å². The first-order valence-electron chi connectivity index (χ1n) is 12.7. The summed E-state index contributed by atoms with van der Waals surface area (Å²) < 4.78 is 0. The van der Waals surface area contributed by atoms with Gasteiger partial charge < -0.3 is 20.8 Å². The summed E-state index contributed by atoms with van der Waals surface area (Å²) in [6.45, 7) is 11.5. The number of rotatable bonds is 8. The van der Waals surface area contributed by atoms with E-state index in [0.717, 1.165) is 24.1 Å². The highest BCUT2D eigenvalue weighted by atomic mass is 35.5. The van der Waals surface area contributed by atoms with Crippen LogP contribution < -0.4 is 10.6 Å². The van der Waals surface area contributed by atoms with Crippen molar-refractivity contribution in [1.29, 1.82) is 5.26 Å². The Hall–Kier alpha value is -2.14. The van der Waals surface area contributed by atoms with Gasteiger partial charge in [0.25, 0.3) is 0 Å². The first-order chi connectivity index (χ1) is 17.6. The Morgan fingerprint density at radius 3 is 2.24 bits per heavy atom. The molecule has 2 aromatic rings. The van der Waals surface area contributed by atoms with E-state index in [1.54, 1.807) is 0 Å². The molecular weight excluding hydrogens is 509 g/mol. The zero-order chi connectivity index (χ0) is 28.1. The van der Waals surface area contributed by atoms with Gasteiger partial charge in [0.15, 0.2) is 0 Å². The van der Waals surface area contributed by atoms with Gasteiger partial charge in [-0.2, -0.15) is 5.26 Å². The summed E-state index contributed by atoms with van der Waals surface area (Å²) in [7, 11) is 0. The molecule has 1 saturated heterocycles. The van der Waals surface area contributed by atoms with E-state index in [1.807, 2.05) is 56.3 Å². The fourth-order valence-electron chi connectivity index (χ4n) is 4.52. The van der Waals surface area contributed by atoms with Crippen LogP contribution in [0.3, 0.4) is 0 Å². The second-order valence-corrected chi connectivity index (χ2v) is 11.0. The minimum Gasteiger partial charge on any atom is -0.396 e. The maximum Gasteiger partial charge on any atom is 0.207 e. The van der Waals surface area contributed by atoms with Crippen molar-refractivity contribution in [3.05, 3.63) is 69.7 Å². The van der Waals surface area contributed by atoms with E-state index in [4.69, 9.17) is 33.4 Å². The highest BCUT2D eigenvalue weighted by Crippen LogP contribution is 2.48. The number of nitrogens with one attached hydrogen (secondary N) is 2. The van der Waals surface area contributed by atoms with Crippen molar-refractivity contribution in [2.75, 3.05) is 26.3 Å². The van der Waals surface area contributed by atoms with Crippen molar-refractivity contribution in [2.45, 2.75) is 58.4 Å². The topological polar surface area (TPSA) is 105 Å². The van der Waals surface area contributed by atoms with E-state index in [2.05, 4.69) is 43.5 Å². The average Bonchev–Trinajstić information content (AvgIpc) is 3.24. The number of hydrogen-bond acceptors (Lipinski definition) is 5. The minimum atomic E-state index is -0.664. The molecule has 0 spiro atoms. The molecule has 2 unspecified atom stereocenters. The lowest BCUT2D eigenvalue weighted by atomic mass is 9.64. The lowest BCUT2D eigenvalue weighted by Gasteiger charge is -2.37. The molecule has 1 amide bonds. The molecule has 4 N–H and O–H groups in total. The van der Waals surface area contributed by atoms with E-state index in [9.17, 15) is 10.1 Å². The van der Waals surface area contributed by atoms with Gasteiger partial charge in [0.2, 0.25) is 6.41 Å². The largest absolute Gasteiger partial charge is 0.396 e. The summed E-state index contributed by atoms with van der Waals surface area (Å²) >= 11 is 12.4. The van der Waals surface area contributed by atoms with Crippen LogP contribution in [0, 0.1) is 22.7 Å². The Labute approximate surface area is 232 Å². The van der Waals surface area contributed by atoms with Crippen LogP contribution >= 0.6 is 23.2 Å². The van der Waals surface area contributed by atoms with Gasteiger partial charge in [0.05, 0.1) is 6.07 Å². The number of hydrogen-bond donors (Lipinski definition) is 4. The Balaban J connectivity index is 0.000000529. The Bertz CT molecular complexity index is 985. The molecular formula is C29H41Cl2N3O3. The number of carbonyl (C=O) groups excluding carboxylic acids is 1. The summed E-state index contributed by atoms with van der Waals surface area (Å²) in [5.74, 6) is -0.199. The molecule has 204 valence electrons. The van der Waals surface area contributed by atoms with Crippen molar-refractivity contribution in [1.82, 2.24) is 10.6 Å². The predicted molar refractivity (Wildman–Crippen MR) is 152 cm³/mol. The fraction of sp³-hybridized carbons (Fsp3) is 0.517. The molecule has 1 aliphatic rings. The van der Waals surface area contributed by atoms with Crippen molar-refractivity contribution in [3.8, 4) is 6.07 Å². The number of aliphatic hydroxyl groups is 2. The molecule has 0 aromatic heterocycles. The van der Waals surface area contributed by atoms with Crippen molar-refractivity contribution in [3.63, 3.8) is 0 Å². The molecule has 2 aromatic carbocycles. The maximum absolute atomic E-state index is 10.5. The van der Waals surface area contributed by atoms with Crippen LogP contribution in [0.2, 0.25) is 10.0 Å². The van der Waals surface area contributed by atoms with Crippen LogP contribution in [0.1, 0.15) is 58.1 Å². The van der Waals surface area contributed by atoms with Gasteiger partial charge >= 0.3 is 0 Å². The Morgan fingerprint density at radius 2 is 1.76 bits per heavy atom. The van der Waals surface area contributed by atoms with E-state index in [-0.39, 0.29) is 36.5 Å². The number of aliphatic hydroxyl groups excluding tert-OH is 2. The number of halogens is 2. The molecule has 6 nitrogen and oxygen atoms in total. The second kappa shape index (κ2) is 16.0. The summed E-state index contributed by atoms with van der Waals surface area (Å²) in [5.41, 5.74) is 1.55. The summed E-state index contributed by atoms with van der Waals surface area (Å²) in [5, 5.41) is 34.7. The molecule has 0 saturated carbocycles. The smallest absolute Gasteiger partial charge is 0.207 e. The fourth-order valence-corrected chi connectivity index (χ4v) is 4.85. The first-order valence-corrected chi connectivity index (χ1v) is 13.4. The number of amides is 1. The zero-order valence-corrected chi connectivity index (χ0v) is 24.0. The molecule has 0 radical (unpaired) electrons. The highest BCUT2D eigenvalue weighted by Gasteiger charge is 2.53. The molecule has 1 aliphatic heterocycles. The number of nitrogens with zero attached hydrogens (tertiary/aromatic N) is 1. The lowest BCUT2D eigenvalue weighted by Crippen LogP contribution is -2.44. The molecule has 3 rings (SSSR count). The molecule has 8 heteroatoms. The number of carbonyl (C=O) groups is 1. The van der Waals surface area contributed by atoms with Crippen LogP contribution in [-0.2, 0) is 10.2 Å².